The van der Waals surface area contributed by atoms with Crippen molar-refractivity contribution in [2.24, 2.45) is 0 Å². The molecule has 2 heterocycles. The minimum absolute atomic E-state index is 0.0978. The first-order valence-corrected chi connectivity index (χ1v) is 9.73. The monoisotopic (exact) mass is 379 g/mol. The molecule has 5 nitrogen and oxygen atoms in total. The number of benzene rings is 2. The molecular formula is C23H25NO4. The molecule has 2 aromatic carbocycles. The zero-order valence-corrected chi connectivity index (χ0v) is 16.3. The topological polar surface area (TPSA) is 62.9 Å². The van der Waals surface area contributed by atoms with Crippen LogP contribution in [0.5, 0.6) is 11.5 Å². The normalized spacial score (nSPS) is 17.7. The van der Waals surface area contributed by atoms with Gasteiger partial charge in [-0.15, -0.1) is 0 Å². The van der Waals surface area contributed by atoms with Crippen LogP contribution >= 0.6 is 0 Å². The standard InChI is InChI=1S/C23H25NO4/c1-15-5-3-4-12-24(15)13-19-21(25)11-10-18-22(26)20(14-28-23(18)19)16-6-8-17(27-2)9-7-16/h6-11,14-15,25H,3-5,12-13H2,1-2H3/t15-/m1/s1. The smallest absolute Gasteiger partial charge is 0.200 e. The molecule has 1 atom stereocenters. The van der Waals surface area contributed by atoms with Gasteiger partial charge in [-0.25, -0.2) is 0 Å². The molecule has 5 heteroatoms. The highest BCUT2D eigenvalue weighted by Gasteiger charge is 2.22. The van der Waals surface area contributed by atoms with Gasteiger partial charge in [-0.3, -0.25) is 9.69 Å². The number of likely N-dealkylation sites (tertiary alicyclic amines) is 1. The number of hydrogen-bond donors (Lipinski definition) is 1. The molecule has 1 aliphatic rings. The summed E-state index contributed by atoms with van der Waals surface area (Å²) < 4.78 is 11.1. The van der Waals surface area contributed by atoms with E-state index in [2.05, 4.69) is 11.8 Å². The minimum Gasteiger partial charge on any atom is -0.507 e. The Morgan fingerprint density at radius 3 is 2.68 bits per heavy atom. The second kappa shape index (κ2) is 7.68. The third-order valence-corrected chi connectivity index (χ3v) is 5.72. The van der Waals surface area contributed by atoms with Crippen molar-refractivity contribution in [2.45, 2.75) is 38.8 Å². The van der Waals surface area contributed by atoms with E-state index in [0.29, 0.717) is 34.7 Å². The molecule has 0 saturated carbocycles. The fraction of sp³-hybridized carbons (Fsp3) is 0.348. The number of rotatable bonds is 4. The van der Waals surface area contributed by atoms with Gasteiger partial charge in [-0.2, -0.15) is 0 Å². The third kappa shape index (κ3) is 3.38. The first-order valence-electron chi connectivity index (χ1n) is 9.73. The molecule has 0 aliphatic carbocycles. The van der Waals surface area contributed by atoms with Crippen molar-refractivity contribution in [3.63, 3.8) is 0 Å². The van der Waals surface area contributed by atoms with E-state index in [4.69, 9.17) is 9.15 Å². The van der Waals surface area contributed by atoms with Gasteiger partial charge in [0, 0.05) is 12.6 Å². The number of phenols is 1. The zero-order chi connectivity index (χ0) is 19.7. The molecule has 0 amide bonds. The molecule has 4 rings (SSSR count). The van der Waals surface area contributed by atoms with Crippen LogP contribution < -0.4 is 10.2 Å². The van der Waals surface area contributed by atoms with Crippen LogP contribution in [0.1, 0.15) is 31.7 Å². The van der Waals surface area contributed by atoms with Gasteiger partial charge in [0.05, 0.1) is 23.6 Å². The highest BCUT2D eigenvalue weighted by molar-refractivity contribution is 5.85. The maximum Gasteiger partial charge on any atom is 0.200 e. The van der Waals surface area contributed by atoms with Crippen molar-refractivity contribution < 1.29 is 14.3 Å². The summed E-state index contributed by atoms with van der Waals surface area (Å²) in [6.45, 7) is 3.78. The molecule has 28 heavy (non-hydrogen) atoms. The molecular weight excluding hydrogens is 354 g/mol. The summed E-state index contributed by atoms with van der Waals surface area (Å²) in [6.07, 6.45) is 5.03. The Balaban J connectivity index is 1.77. The van der Waals surface area contributed by atoms with Gasteiger partial charge in [-0.1, -0.05) is 18.6 Å². The molecule has 1 aromatic heterocycles. The van der Waals surface area contributed by atoms with Crippen LogP contribution in [0.4, 0.5) is 0 Å². The van der Waals surface area contributed by atoms with E-state index in [1.807, 2.05) is 24.3 Å². The first kappa shape index (κ1) is 18.6. The van der Waals surface area contributed by atoms with Crippen LogP contribution in [0.15, 0.2) is 51.9 Å². The number of piperidine rings is 1. The Kier molecular flexibility index (Phi) is 5.09. The van der Waals surface area contributed by atoms with Crippen LogP contribution in [0.25, 0.3) is 22.1 Å². The predicted molar refractivity (Wildman–Crippen MR) is 110 cm³/mol. The zero-order valence-electron chi connectivity index (χ0n) is 16.3. The quantitative estimate of drug-likeness (QED) is 0.721. The molecule has 1 saturated heterocycles. The van der Waals surface area contributed by atoms with E-state index in [9.17, 15) is 9.90 Å². The molecule has 3 aromatic rings. The Bertz CT molecular complexity index is 1040. The van der Waals surface area contributed by atoms with Crippen LogP contribution in [0.2, 0.25) is 0 Å². The maximum atomic E-state index is 13.1. The van der Waals surface area contributed by atoms with Gasteiger partial charge in [0.2, 0.25) is 5.43 Å². The average molecular weight is 379 g/mol. The fourth-order valence-corrected chi connectivity index (χ4v) is 3.97. The molecule has 0 radical (unpaired) electrons. The summed E-state index contributed by atoms with van der Waals surface area (Å²) in [5.41, 5.74) is 2.33. The van der Waals surface area contributed by atoms with Gasteiger partial charge < -0.3 is 14.3 Å². The summed E-state index contributed by atoms with van der Waals surface area (Å²) in [5.74, 6) is 0.905. The predicted octanol–water partition coefficient (Wildman–Crippen LogP) is 4.55. The molecule has 1 fully saturated rings. The number of methoxy groups -OCH3 is 1. The Morgan fingerprint density at radius 2 is 1.96 bits per heavy atom. The largest absolute Gasteiger partial charge is 0.507 e. The molecule has 1 aliphatic heterocycles. The number of fused-ring (bicyclic) bond motifs is 1. The van der Waals surface area contributed by atoms with E-state index in [-0.39, 0.29) is 11.2 Å². The number of ether oxygens (including phenoxy) is 1. The SMILES string of the molecule is COc1ccc(-c2coc3c(CN4CCCC[C@H]4C)c(O)ccc3c2=O)cc1. The van der Waals surface area contributed by atoms with Gasteiger partial charge in [0.15, 0.2) is 0 Å². The Morgan fingerprint density at radius 1 is 1.18 bits per heavy atom. The van der Waals surface area contributed by atoms with Crippen molar-refractivity contribution >= 4 is 11.0 Å². The van der Waals surface area contributed by atoms with Gasteiger partial charge in [0.25, 0.3) is 0 Å². The van der Waals surface area contributed by atoms with E-state index < -0.39 is 0 Å². The maximum absolute atomic E-state index is 13.1. The highest BCUT2D eigenvalue weighted by Crippen LogP contribution is 2.31. The molecule has 0 spiro atoms. The van der Waals surface area contributed by atoms with E-state index in [0.717, 1.165) is 30.7 Å². The highest BCUT2D eigenvalue weighted by atomic mass is 16.5. The van der Waals surface area contributed by atoms with Crippen LogP contribution in [0, 0.1) is 0 Å². The van der Waals surface area contributed by atoms with E-state index >= 15 is 0 Å². The fourth-order valence-electron chi connectivity index (χ4n) is 3.97. The second-order valence-electron chi connectivity index (χ2n) is 7.46. The van der Waals surface area contributed by atoms with E-state index in [1.165, 1.54) is 12.7 Å². The van der Waals surface area contributed by atoms with Crippen LogP contribution in [0.3, 0.4) is 0 Å². The Labute approximate surface area is 164 Å². The van der Waals surface area contributed by atoms with Crippen molar-refractivity contribution in [1.82, 2.24) is 4.90 Å². The second-order valence-corrected chi connectivity index (χ2v) is 7.46. The summed E-state index contributed by atoms with van der Waals surface area (Å²) in [5, 5.41) is 10.9. The van der Waals surface area contributed by atoms with Gasteiger partial charge in [-0.05, 0) is 56.1 Å². The van der Waals surface area contributed by atoms with Gasteiger partial charge in [0.1, 0.15) is 23.3 Å². The summed E-state index contributed by atoms with van der Waals surface area (Å²) >= 11 is 0. The van der Waals surface area contributed by atoms with Crippen LogP contribution in [-0.2, 0) is 6.54 Å². The number of hydrogen-bond acceptors (Lipinski definition) is 5. The lowest BCUT2D eigenvalue weighted by Crippen LogP contribution is -2.36. The number of nitrogens with zero attached hydrogens (tertiary/aromatic N) is 1. The van der Waals surface area contributed by atoms with E-state index in [1.54, 1.807) is 19.2 Å². The number of aromatic hydroxyl groups is 1. The molecule has 0 bridgehead atoms. The minimum atomic E-state index is -0.0978. The van der Waals surface area contributed by atoms with Gasteiger partial charge >= 0.3 is 0 Å². The summed E-state index contributed by atoms with van der Waals surface area (Å²) in [4.78, 5) is 15.5. The average Bonchev–Trinajstić information content (AvgIpc) is 2.72. The molecule has 1 N–H and O–H groups in total. The summed E-state index contributed by atoms with van der Waals surface area (Å²) in [7, 11) is 1.61. The lowest BCUT2D eigenvalue weighted by Gasteiger charge is -2.33. The lowest BCUT2D eigenvalue weighted by atomic mass is 10.0. The van der Waals surface area contributed by atoms with Crippen molar-refractivity contribution in [1.29, 1.82) is 0 Å². The van der Waals surface area contributed by atoms with Crippen molar-refractivity contribution in [3.8, 4) is 22.6 Å². The molecule has 0 unspecified atom stereocenters. The number of phenolic OH excluding ortho intramolecular Hbond substituents is 1. The molecule has 146 valence electrons. The van der Waals surface area contributed by atoms with Crippen LogP contribution in [-0.4, -0.2) is 29.7 Å². The summed E-state index contributed by atoms with van der Waals surface area (Å²) in [6, 6.07) is 11.0. The first-order chi connectivity index (χ1) is 13.6. The lowest BCUT2D eigenvalue weighted by molar-refractivity contribution is 0.151. The third-order valence-electron chi connectivity index (χ3n) is 5.72. The Hall–Kier alpha value is -2.79. The van der Waals surface area contributed by atoms with Crippen molar-refractivity contribution in [2.75, 3.05) is 13.7 Å². The van der Waals surface area contributed by atoms with Crippen molar-refractivity contribution in [3.05, 3.63) is 58.4 Å².